The number of ether oxygens (including phenoxy) is 3. The van der Waals surface area contributed by atoms with E-state index in [-0.39, 0.29) is 20.8 Å². The Balaban J connectivity index is 1.59. The average molecular weight is 671 g/mol. The molecule has 0 saturated heterocycles. The van der Waals surface area contributed by atoms with Crippen LogP contribution in [0.2, 0.25) is 0 Å². The average Bonchev–Trinajstić information content (AvgIpc) is 2.77. The molecule has 0 saturated carbocycles. The standard InChI is InChI=1S/C21H14F3INO9S2/c22-21(23,24)35-16-2-1-3-17(10-16)36(28,29)26-13-4-6-14(7-5-13)34-20(27)12-33-15-8-9-19(18(25)11-15)37(30,31)32/h1-11H,12H2,(H,30,31,32)/q-1/p-1. The second-order valence-corrected chi connectivity index (χ2v) is 11.0. The van der Waals surface area contributed by atoms with E-state index in [2.05, 4.69) is 9.46 Å². The van der Waals surface area contributed by atoms with Gasteiger partial charge in [0.2, 0.25) is 0 Å². The van der Waals surface area contributed by atoms with Crippen molar-refractivity contribution < 1.29 is 53.6 Å². The van der Waals surface area contributed by atoms with Gasteiger partial charge >= 0.3 is 12.3 Å². The predicted molar refractivity (Wildman–Crippen MR) is 128 cm³/mol. The van der Waals surface area contributed by atoms with E-state index in [0.29, 0.717) is 6.07 Å². The van der Waals surface area contributed by atoms with Gasteiger partial charge < -0.3 is 23.5 Å². The largest absolute Gasteiger partial charge is 0.744 e. The maximum Gasteiger partial charge on any atom is 0.573 e. The van der Waals surface area contributed by atoms with Gasteiger partial charge in [-0.3, -0.25) is 0 Å². The highest BCUT2D eigenvalue weighted by molar-refractivity contribution is 14.1. The van der Waals surface area contributed by atoms with Crippen molar-refractivity contribution in [2.24, 2.45) is 0 Å². The van der Waals surface area contributed by atoms with Crippen LogP contribution in [-0.4, -0.2) is 40.3 Å². The highest BCUT2D eigenvalue weighted by atomic mass is 127. The Hall–Kier alpha value is -3.09. The molecule has 10 nitrogen and oxygen atoms in total. The molecule has 0 radical (unpaired) electrons. The topological polar surface area (TPSA) is 150 Å². The highest BCUT2D eigenvalue weighted by Crippen LogP contribution is 2.32. The molecule has 0 aliphatic rings. The number of sulfonamides is 1. The maximum absolute atomic E-state index is 12.4. The van der Waals surface area contributed by atoms with Crippen LogP contribution in [-0.2, 0) is 24.9 Å². The zero-order valence-corrected chi connectivity index (χ0v) is 21.8. The van der Waals surface area contributed by atoms with Crippen LogP contribution in [0.25, 0.3) is 4.72 Å². The SMILES string of the molecule is O=C(COc1ccc(S(=O)(=O)[O-])c(I)c1)Oc1ccc([N-]S(=O)(=O)c2cccc(OC(F)(F)F)c2)cc1. The summed E-state index contributed by atoms with van der Waals surface area (Å²) in [6.07, 6.45) is -5.00. The van der Waals surface area contributed by atoms with Gasteiger partial charge in [0.15, 0.2) is 6.61 Å². The minimum absolute atomic E-state index is 0.00731. The Kier molecular flexibility index (Phi) is 8.56. The van der Waals surface area contributed by atoms with Crippen molar-refractivity contribution in [3.63, 3.8) is 0 Å². The van der Waals surface area contributed by atoms with Crippen molar-refractivity contribution in [2.45, 2.75) is 16.2 Å². The minimum atomic E-state index is -5.00. The van der Waals surface area contributed by atoms with E-state index < -0.39 is 54.6 Å². The molecule has 0 fully saturated rings. The van der Waals surface area contributed by atoms with E-state index in [1.165, 1.54) is 36.4 Å². The molecule has 0 unspecified atom stereocenters. The van der Waals surface area contributed by atoms with Crippen molar-refractivity contribution in [1.82, 2.24) is 0 Å². The zero-order chi connectivity index (χ0) is 27.4. The van der Waals surface area contributed by atoms with Crippen molar-refractivity contribution >= 4 is 54.4 Å². The van der Waals surface area contributed by atoms with E-state index in [0.717, 1.165) is 24.3 Å². The van der Waals surface area contributed by atoms with E-state index in [4.69, 9.17) is 9.47 Å². The lowest BCUT2D eigenvalue weighted by Crippen LogP contribution is -2.17. The van der Waals surface area contributed by atoms with Gasteiger partial charge in [0.05, 0.1) is 9.79 Å². The first kappa shape index (κ1) is 28.5. The number of benzene rings is 3. The lowest BCUT2D eigenvalue weighted by atomic mass is 10.3. The minimum Gasteiger partial charge on any atom is -0.744 e. The van der Waals surface area contributed by atoms with Gasteiger partial charge in [-0.15, -0.1) is 18.9 Å². The predicted octanol–water partition coefficient (Wildman–Crippen LogP) is 4.47. The molecule has 0 spiro atoms. The van der Waals surface area contributed by atoms with Gasteiger partial charge in [0.25, 0.3) is 0 Å². The normalized spacial score (nSPS) is 12.0. The Labute approximate surface area is 222 Å². The molecule has 0 atom stereocenters. The molecule has 3 aromatic rings. The van der Waals surface area contributed by atoms with E-state index in [9.17, 15) is 39.4 Å². The number of carbonyl (C=O) groups is 1. The molecule has 0 heterocycles. The molecule has 0 bridgehead atoms. The molecule has 0 amide bonds. The van der Waals surface area contributed by atoms with Crippen LogP contribution in [0.15, 0.2) is 76.5 Å². The first-order valence-corrected chi connectivity index (χ1v) is 13.6. The molecule has 198 valence electrons. The number of hydrogen-bond donors (Lipinski definition) is 0. The fraction of sp³-hybridized carbons (Fsp3) is 0.0952. The van der Waals surface area contributed by atoms with Gasteiger partial charge in [-0.1, -0.05) is 18.2 Å². The Morgan fingerprint density at radius 2 is 1.57 bits per heavy atom. The summed E-state index contributed by atoms with van der Waals surface area (Å²) in [7, 11) is -9.05. The number of hydrogen-bond acceptors (Lipinski definition) is 9. The summed E-state index contributed by atoms with van der Waals surface area (Å²) in [4.78, 5) is 11.1. The summed E-state index contributed by atoms with van der Waals surface area (Å²) in [5, 5.41) is 0. The second kappa shape index (κ2) is 11.1. The molecule has 16 heteroatoms. The first-order valence-electron chi connectivity index (χ1n) is 9.65. The fourth-order valence-corrected chi connectivity index (χ4v) is 5.52. The summed E-state index contributed by atoms with van der Waals surface area (Å²) < 4.78 is 113. The Morgan fingerprint density at radius 3 is 2.16 bits per heavy atom. The monoisotopic (exact) mass is 671 g/mol. The van der Waals surface area contributed by atoms with Crippen molar-refractivity contribution in [3.8, 4) is 17.2 Å². The lowest BCUT2D eigenvalue weighted by Gasteiger charge is -2.22. The summed E-state index contributed by atoms with van der Waals surface area (Å²) in [5.41, 5.74) is -0.0961. The summed E-state index contributed by atoms with van der Waals surface area (Å²) in [6.45, 7) is -0.573. The number of rotatable bonds is 9. The molecule has 0 N–H and O–H groups in total. The van der Waals surface area contributed by atoms with Gasteiger partial charge in [-0.2, -0.15) is 0 Å². The second-order valence-electron chi connectivity index (χ2n) is 6.89. The molecule has 37 heavy (non-hydrogen) atoms. The van der Waals surface area contributed by atoms with Crippen LogP contribution in [0.5, 0.6) is 17.2 Å². The van der Waals surface area contributed by atoms with Crippen LogP contribution in [0.4, 0.5) is 18.9 Å². The van der Waals surface area contributed by atoms with Gasteiger partial charge in [0, 0.05) is 3.57 Å². The highest BCUT2D eigenvalue weighted by Gasteiger charge is 2.31. The third kappa shape index (κ3) is 8.48. The molecule has 3 aromatic carbocycles. The van der Waals surface area contributed by atoms with E-state index in [1.807, 2.05) is 0 Å². The Bertz CT molecular complexity index is 1510. The van der Waals surface area contributed by atoms with Crippen LogP contribution < -0.4 is 14.2 Å². The lowest BCUT2D eigenvalue weighted by molar-refractivity contribution is -0.274. The van der Waals surface area contributed by atoms with Crippen LogP contribution in [0.3, 0.4) is 0 Å². The van der Waals surface area contributed by atoms with Gasteiger partial charge in [-0.25, -0.2) is 21.6 Å². The van der Waals surface area contributed by atoms with E-state index in [1.54, 1.807) is 22.6 Å². The molecule has 0 aromatic heterocycles. The van der Waals surface area contributed by atoms with Gasteiger partial charge in [0.1, 0.15) is 37.4 Å². The van der Waals surface area contributed by atoms with Crippen LogP contribution in [0.1, 0.15) is 0 Å². The zero-order valence-electron chi connectivity index (χ0n) is 18.0. The number of carbonyl (C=O) groups excluding carboxylic acids is 1. The number of nitrogens with zero attached hydrogens (tertiary/aromatic N) is 1. The van der Waals surface area contributed by atoms with Gasteiger partial charge in [-0.05, 0) is 71.1 Å². The number of esters is 1. The molecule has 0 aliphatic heterocycles. The Morgan fingerprint density at radius 1 is 0.919 bits per heavy atom. The summed E-state index contributed by atoms with van der Waals surface area (Å²) in [6, 6.07) is 12.1. The van der Waals surface area contributed by atoms with Crippen LogP contribution >= 0.6 is 22.6 Å². The molecular formula is C21H13F3INO9S2-2. The third-order valence-electron chi connectivity index (χ3n) is 4.16. The van der Waals surface area contributed by atoms with Crippen LogP contribution in [0, 0.1) is 3.57 Å². The smallest absolute Gasteiger partial charge is 0.573 e. The van der Waals surface area contributed by atoms with Crippen molar-refractivity contribution in [1.29, 1.82) is 0 Å². The third-order valence-corrected chi connectivity index (χ3v) is 7.61. The molecule has 3 rings (SSSR count). The van der Waals surface area contributed by atoms with Crippen molar-refractivity contribution in [2.75, 3.05) is 6.61 Å². The summed E-state index contributed by atoms with van der Waals surface area (Å²) >= 11 is 1.63. The molecule has 0 aliphatic carbocycles. The molecular weight excluding hydrogens is 658 g/mol. The first-order chi connectivity index (χ1) is 17.1. The van der Waals surface area contributed by atoms with Crippen molar-refractivity contribution in [3.05, 3.63) is 75.0 Å². The fourth-order valence-electron chi connectivity index (χ4n) is 2.68. The number of halogens is 4. The quantitative estimate of drug-likeness (QED) is 0.139. The number of alkyl halides is 3. The maximum atomic E-state index is 12.4. The summed E-state index contributed by atoms with van der Waals surface area (Å²) in [5.74, 6) is -1.46. The van der Waals surface area contributed by atoms with E-state index >= 15 is 0 Å².